The van der Waals surface area contributed by atoms with Crippen molar-refractivity contribution in [2.45, 2.75) is 6.92 Å². The van der Waals surface area contributed by atoms with Crippen LogP contribution >= 0.6 is 0 Å². The van der Waals surface area contributed by atoms with Crippen molar-refractivity contribution in [3.8, 4) is 5.75 Å². The standard InChI is InChI=1S/C22H19N3O3/c1-16(26)20-9-5-6-10-21(20)28-15-22(27)23-17-11-13-19(14-12-17)25-24-18-7-3-2-4-8-18/h2-14H,15H2,1H3,(H,23,27). The van der Waals surface area contributed by atoms with Gasteiger partial charge in [0, 0.05) is 5.69 Å². The molecule has 0 fully saturated rings. The summed E-state index contributed by atoms with van der Waals surface area (Å²) in [6.45, 7) is 1.26. The normalized spacial score (nSPS) is 10.6. The first-order chi connectivity index (χ1) is 13.6. The molecule has 0 aliphatic rings. The summed E-state index contributed by atoms with van der Waals surface area (Å²) < 4.78 is 5.48. The molecule has 6 heteroatoms. The van der Waals surface area contributed by atoms with E-state index in [1.54, 1.807) is 48.5 Å². The summed E-state index contributed by atoms with van der Waals surface area (Å²) in [7, 11) is 0. The Morgan fingerprint density at radius 3 is 2.11 bits per heavy atom. The van der Waals surface area contributed by atoms with Gasteiger partial charge in [0.15, 0.2) is 12.4 Å². The molecule has 0 aliphatic heterocycles. The fraction of sp³-hybridized carbons (Fsp3) is 0.0909. The number of hydrogen-bond donors (Lipinski definition) is 1. The lowest BCUT2D eigenvalue weighted by atomic mass is 10.1. The van der Waals surface area contributed by atoms with Gasteiger partial charge in [0.05, 0.1) is 16.9 Å². The van der Waals surface area contributed by atoms with E-state index in [0.29, 0.717) is 22.7 Å². The summed E-state index contributed by atoms with van der Waals surface area (Å²) >= 11 is 0. The SMILES string of the molecule is CC(=O)c1ccccc1OCC(=O)Nc1ccc(N=Nc2ccccc2)cc1. The van der Waals surface area contributed by atoms with Crippen molar-refractivity contribution in [2.75, 3.05) is 11.9 Å². The molecule has 0 bridgehead atoms. The van der Waals surface area contributed by atoms with Crippen molar-refractivity contribution < 1.29 is 14.3 Å². The number of ketones is 1. The first-order valence-corrected chi connectivity index (χ1v) is 8.71. The maximum atomic E-state index is 12.1. The summed E-state index contributed by atoms with van der Waals surface area (Å²) in [6, 6.07) is 23.2. The van der Waals surface area contributed by atoms with Crippen LogP contribution in [0, 0.1) is 0 Å². The summed E-state index contributed by atoms with van der Waals surface area (Å²) in [6.07, 6.45) is 0. The highest BCUT2D eigenvalue weighted by atomic mass is 16.5. The Morgan fingerprint density at radius 2 is 1.43 bits per heavy atom. The largest absolute Gasteiger partial charge is 0.483 e. The number of azo groups is 1. The number of nitrogens with one attached hydrogen (secondary N) is 1. The van der Waals surface area contributed by atoms with Crippen LogP contribution in [0.3, 0.4) is 0 Å². The second kappa shape index (κ2) is 9.23. The number of amides is 1. The number of para-hydroxylation sites is 1. The van der Waals surface area contributed by atoms with Crippen LogP contribution in [0.15, 0.2) is 89.1 Å². The van der Waals surface area contributed by atoms with Gasteiger partial charge in [-0.1, -0.05) is 30.3 Å². The van der Waals surface area contributed by atoms with Crippen LogP contribution in [-0.2, 0) is 4.79 Å². The lowest BCUT2D eigenvalue weighted by Gasteiger charge is -2.10. The number of hydrogen-bond acceptors (Lipinski definition) is 5. The van der Waals surface area contributed by atoms with Crippen molar-refractivity contribution in [1.29, 1.82) is 0 Å². The number of rotatable bonds is 7. The molecule has 140 valence electrons. The number of benzene rings is 3. The minimum absolute atomic E-state index is 0.115. The van der Waals surface area contributed by atoms with Gasteiger partial charge < -0.3 is 10.1 Å². The first kappa shape index (κ1) is 19.0. The minimum atomic E-state index is -0.322. The zero-order valence-electron chi connectivity index (χ0n) is 15.3. The molecule has 0 saturated heterocycles. The molecule has 3 aromatic rings. The summed E-state index contributed by atoms with van der Waals surface area (Å²) in [5.41, 5.74) is 2.51. The molecule has 0 saturated carbocycles. The second-order valence-electron chi connectivity index (χ2n) is 5.97. The van der Waals surface area contributed by atoms with Gasteiger partial charge in [0.2, 0.25) is 0 Å². The maximum Gasteiger partial charge on any atom is 0.262 e. The predicted molar refractivity (Wildman–Crippen MR) is 108 cm³/mol. The molecule has 0 spiro atoms. The minimum Gasteiger partial charge on any atom is -0.483 e. The Bertz CT molecular complexity index is 983. The van der Waals surface area contributed by atoms with E-state index in [1.807, 2.05) is 30.3 Å². The van der Waals surface area contributed by atoms with Crippen molar-refractivity contribution in [3.63, 3.8) is 0 Å². The van der Waals surface area contributed by atoms with Crippen molar-refractivity contribution in [1.82, 2.24) is 0 Å². The van der Waals surface area contributed by atoms with Gasteiger partial charge in [-0.2, -0.15) is 10.2 Å². The quantitative estimate of drug-likeness (QED) is 0.449. The van der Waals surface area contributed by atoms with E-state index in [0.717, 1.165) is 5.69 Å². The molecule has 0 aromatic heterocycles. The van der Waals surface area contributed by atoms with E-state index in [4.69, 9.17) is 4.74 Å². The Kier molecular flexibility index (Phi) is 6.25. The summed E-state index contributed by atoms with van der Waals surface area (Å²) in [5, 5.41) is 11.0. The molecule has 0 aliphatic carbocycles. The van der Waals surface area contributed by atoms with Gasteiger partial charge in [-0.05, 0) is 55.5 Å². The van der Waals surface area contributed by atoms with Crippen LogP contribution in [0.2, 0.25) is 0 Å². The Labute approximate surface area is 162 Å². The third kappa shape index (κ3) is 5.35. The predicted octanol–water partition coefficient (Wildman–Crippen LogP) is 5.32. The summed E-state index contributed by atoms with van der Waals surface area (Å²) in [5.74, 6) is -0.0462. The third-order valence-electron chi connectivity index (χ3n) is 3.81. The topological polar surface area (TPSA) is 80.1 Å². The number of carbonyl (C=O) groups is 2. The average molecular weight is 373 g/mol. The molecule has 0 unspecified atom stereocenters. The van der Waals surface area contributed by atoms with Gasteiger partial charge in [0.1, 0.15) is 5.75 Å². The van der Waals surface area contributed by atoms with Crippen LogP contribution < -0.4 is 10.1 Å². The zero-order chi connectivity index (χ0) is 19.8. The molecule has 3 rings (SSSR count). The molecule has 1 amide bonds. The number of ether oxygens (including phenoxy) is 1. The van der Waals surface area contributed by atoms with E-state index < -0.39 is 0 Å². The molecule has 6 nitrogen and oxygen atoms in total. The lowest BCUT2D eigenvalue weighted by Crippen LogP contribution is -2.20. The van der Waals surface area contributed by atoms with E-state index in [9.17, 15) is 9.59 Å². The average Bonchev–Trinajstić information content (AvgIpc) is 2.72. The Balaban J connectivity index is 1.55. The third-order valence-corrected chi connectivity index (χ3v) is 3.81. The van der Waals surface area contributed by atoms with Crippen LogP contribution in [0.1, 0.15) is 17.3 Å². The van der Waals surface area contributed by atoms with Gasteiger partial charge in [-0.25, -0.2) is 0 Å². The van der Waals surface area contributed by atoms with Crippen LogP contribution in [0.4, 0.5) is 17.1 Å². The monoisotopic (exact) mass is 373 g/mol. The lowest BCUT2D eigenvalue weighted by molar-refractivity contribution is -0.118. The molecule has 0 heterocycles. The number of carbonyl (C=O) groups excluding carboxylic acids is 2. The molecular weight excluding hydrogens is 354 g/mol. The molecule has 3 aromatic carbocycles. The van der Waals surface area contributed by atoms with Gasteiger partial charge >= 0.3 is 0 Å². The number of anilines is 1. The van der Waals surface area contributed by atoms with Crippen LogP contribution in [0.25, 0.3) is 0 Å². The highest BCUT2D eigenvalue weighted by molar-refractivity contribution is 5.97. The first-order valence-electron chi connectivity index (χ1n) is 8.71. The van der Waals surface area contributed by atoms with Crippen LogP contribution in [0.5, 0.6) is 5.75 Å². The van der Waals surface area contributed by atoms with Crippen LogP contribution in [-0.4, -0.2) is 18.3 Å². The Hall–Kier alpha value is -3.80. The smallest absolute Gasteiger partial charge is 0.262 e. The fourth-order valence-electron chi connectivity index (χ4n) is 2.45. The molecule has 0 atom stereocenters. The Morgan fingerprint density at radius 1 is 0.821 bits per heavy atom. The molecular formula is C22H19N3O3. The van der Waals surface area contributed by atoms with E-state index in [1.165, 1.54) is 6.92 Å². The van der Waals surface area contributed by atoms with Gasteiger partial charge in [-0.3, -0.25) is 9.59 Å². The van der Waals surface area contributed by atoms with Gasteiger partial charge in [0.25, 0.3) is 5.91 Å². The maximum absolute atomic E-state index is 12.1. The van der Waals surface area contributed by atoms with E-state index in [-0.39, 0.29) is 18.3 Å². The van der Waals surface area contributed by atoms with E-state index >= 15 is 0 Å². The molecule has 0 radical (unpaired) electrons. The number of Topliss-reactive ketones (excluding diaryl/α,β-unsaturated/α-hetero) is 1. The highest BCUT2D eigenvalue weighted by Crippen LogP contribution is 2.21. The fourth-order valence-corrected chi connectivity index (χ4v) is 2.45. The van der Waals surface area contributed by atoms with Gasteiger partial charge in [-0.15, -0.1) is 0 Å². The van der Waals surface area contributed by atoms with E-state index in [2.05, 4.69) is 15.5 Å². The summed E-state index contributed by atoms with van der Waals surface area (Å²) in [4.78, 5) is 23.7. The van der Waals surface area contributed by atoms with Crippen molar-refractivity contribution in [2.24, 2.45) is 10.2 Å². The molecule has 1 N–H and O–H groups in total. The molecule has 28 heavy (non-hydrogen) atoms. The zero-order valence-corrected chi connectivity index (χ0v) is 15.3. The second-order valence-corrected chi connectivity index (χ2v) is 5.97. The van der Waals surface area contributed by atoms with Crippen molar-refractivity contribution in [3.05, 3.63) is 84.4 Å². The van der Waals surface area contributed by atoms with Crippen molar-refractivity contribution >= 4 is 28.8 Å². The number of nitrogens with zero attached hydrogens (tertiary/aromatic N) is 2. The highest BCUT2D eigenvalue weighted by Gasteiger charge is 2.09.